The zero-order valence-electron chi connectivity index (χ0n) is 19.6. The molecule has 7 heteroatoms. The summed E-state index contributed by atoms with van der Waals surface area (Å²) in [5.74, 6) is 1.45. The molecule has 2 heterocycles. The van der Waals surface area contributed by atoms with Crippen LogP contribution in [0.4, 0.5) is 11.4 Å². The maximum atomic E-state index is 11.3. The minimum atomic E-state index is -0.425. The number of benzene rings is 3. The lowest BCUT2D eigenvalue weighted by molar-refractivity contribution is -0.384. The maximum absolute atomic E-state index is 11.3. The Morgan fingerprint density at radius 1 is 0.943 bits per heavy atom. The van der Waals surface area contributed by atoms with Crippen molar-refractivity contribution >= 4 is 28.7 Å². The monoisotopic (exact) mass is 465 g/mol. The highest BCUT2D eigenvalue weighted by molar-refractivity contribution is 5.84. The zero-order valence-corrected chi connectivity index (χ0v) is 19.6. The van der Waals surface area contributed by atoms with E-state index in [1.165, 1.54) is 11.6 Å². The smallest absolute Gasteiger partial charge is 0.280 e. The van der Waals surface area contributed by atoms with E-state index in [0.717, 1.165) is 5.56 Å². The highest BCUT2D eigenvalue weighted by atomic mass is 16.6. The molecule has 0 aliphatic carbocycles. The Hall–Kier alpha value is -4.52. The van der Waals surface area contributed by atoms with Gasteiger partial charge in [0.05, 0.1) is 22.4 Å². The molecule has 174 valence electrons. The van der Waals surface area contributed by atoms with Crippen LogP contribution < -0.4 is 0 Å². The molecule has 3 aromatic carbocycles. The number of nitro groups is 1. The molecular formula is C28H23N3O4. The van der Waals surface area contributed by atoms with Gasteiger partial charge in [0.2, 0.25) is 5.89 Å². The number of para-hydroxylation sites is 1. The van der Waals surface area contributed by atoms with Crippen LogP contribution in [0.25, 0.3) is 33.9 Å². The Balaban J connectivity index is 1.37. The Labute approximate surface area is 201 Å². The third-order valence-corrected chi connectivity index (χ3v) is 5.70. The summed E-state index contributed by atoms with van der Waals surface area (Å²) in [6.45, 7) is 6.54. The number of hydrogen-bond acceptors (Lipinski definition) is 6. The Morgan fingerprint density at radius 3 is 2.46 bits per heavy atom. The molecule has 0 aliphatic rings. The molecule has 35 heavy (non-hydrogen) atoms. The SMILES string of the molecule is CC(C)(C)c1ccc(-c2nc3cc(N=Cc4ccc(-c5ccccc5[N+](=O)[O-])o4)ccc3o2)cc1. The number of rotatable bonds is 5. The average Bonchev–Trinajstić information content (AvgIpc) is 3.49. The lowest BCUT2D eigenvalue weighted by atomic mass is 9.87. The van der Waals surface area contributed by atoms with Crippen molar-refractivity contribution in [2.75, 3.05) is 0 Å². The van der Waals surface area contributed by atoms with Gasteiger partial charge in [-0.2, -0.15) is 0 Å². The number of oxazole rings is 1. The van der Waals surface area contributed by atoms with Crippen molar-refractivity contribution in [3.63, 3.8) is 0 Å². The summed E-state index contributed by atoms with van der Waals surface area (Å²) in [6, 6.07) is 23.6. The van der Waals surface area contributed by atoms with E-state index in [-0.39, 0.29) is 11.1 Å². The van der Waals surface area contributed by atoms with Gasteiger partial charge in [-0.25, -0.2) is 4.98 Å². The summed E-state index contributed by atoms with van der Waals surface area (Å²) >= 11 is 0. The minimum Gasteiger partial charge on any atom is -0.455 e. The molecule has 0 aliphatic heterocycles. The van der Waals surface area contributed by atoms with Crippen LogP contribution in [0.15, 0.2) is 92.7 Å². The molecule has 0 bridgehead atoms. The van der Waals surface area contributed by atoms with Crippen molar-refractivity contribution in [3.05, 3.63) is 100 Å². The summed E-state index contributed by atoms with van der Waals surface area (Å²) in [6.07, 6.45) is 1.58. The van der Waals surface area contributed by atoms with Gasteiger partial charge in [-0.15, -0.1) is 0 Å². The van der Waals surface area contributed by atoms with Crippen LogP contribution >= 0.6 is 0 Å². The van der Waals surface area contributed by atoms with Crippen LogP contribution in [0.1, 0.15) is 32.1 Å². The van der Waals surface area contributed by atoms with Crippen LogP contribution in [-0.4, -0.2) is 16.1 Å². The van der Waals surface area contributed by atoms with E-state index in [1.807, 2.05) is 30.3 Å². The van der Waals surface area contributed by atoms with E-state index < -0.39 is 4.92 Å². The standard InChI is InChI=1S/C28H23N3O4/c1-28(2,3)19-10-8-18(9-11-19)27-30-23-16-20(12-14-26(23)35-27)29-17-21-13-15-25(34-21)22-6-4-5-7-24(22)31(32)33/h4-17H,1-3H3. The Morgan fingerprint density at radius 2 is 1.71 bits per heavy atom. The Bertz CT molecular complexity index is 1550. The molecule has 0 amide bonds. The van der Waals surface area contributed by atoms with Gasteiger partial charge in [0.15, 0.2) is 5.58 Å². The quantitative estimate of drug-likeness (QED) is 0.150. The van der Waals surface area contributed by atoms with Crippen molar-refractivity contribution in [3.8, 4) is 22.8 Å². The topological polar surface area (TPSA) is 94.7 Å². The van der Waals surface area contributed by atoms with Crippen LogP contribution in [0.2, 0.25) is 0 Å². The summed E-state index contributed by atoms with van der Waals surface area (Å²) in [5, 5.41) is 11.3. The van der Waals surface area contributed by atoms with E-state index in [1.54, 1.807) is 36.5 Å². The van der Waals surface area contributed by atoms with Gasteiger partial charge < -0.3 is 8.83 Å². The second kappa shape index (κ2) is 8.68. The zero-order chi connectivity index (χ0) is 24.6. The first kappa shape index (κ1) is 22.3. The lowest BCUT2D eigenvalue weighted by Crippen LogP contribution is -2.10. The third-order valence-electron chi connectivity index (χ3n) is 5.70. The van der Waals surface area contributed by atoms with Crippen LogP contribution in [0, 0.1) is 10.1 Å². The molecular weight excluding hydrogens is 442 g/mol. The number of fused-ring (bicyclic) bond motifs is 1. The molecule has 0 unspecified atom stereocenters. The number of aromatic nitrogens is 1. The van der Waals surface area contributed by atoms with Crippen LogP contribution in [0.5, 0.6) is 0 Å². The molecule has 0 N–H and O–H groups in total. The summed E-state index contributed by atoms with van der Waals surface area (Å²) in [4.78, 5) is 20.0. The molecule has 0 saturated heterocycles. The average molecular weight is 466 g/mol. The first-order valence-corrected chi connectivity index (χ1v) is 11.2. The highest BCUT2D eigenvalue weighted by Crippen LogP contribution is 2.32. The van der Waals surface area contributed by atoms with E-state index >= 15 is 0 Å². The predicted molar refractivity (Wildman–Crippen MR) is 136 cm³/mol. The van der Waals surface area contributed by atoms with Crippen LogP contribution in [0.3, 0.4) is 0 Å². The van der Waals surface area contributed by atoms with E-state index in [0.29, 0.717) is 39.8 Å². The van der Waals surface area contributed by atoms with Gasteiger partial charge in [-0.1, -0.05) is 45.0 Å². The van der Waals surface area contributed by atoms with E-state index in [2.05, 4.69) is 42.9 Å². The van der Waals surface area contributed by atoms with Gasteiger partial charge in [-0.3, -0.25) is 15.1 Å². The third kappa shape index (κ3) is 4.61. The highest BCUT2D eigenvalue weighted by Gasteiger charge is 2.17. The van der Waals surface area contributed by atoms with Gasteiger partial charge >= 0.3 is 0 Å². The van der Waals surface area contributed by atoms with E-state index in [9.17, 15) is 10.1 Å². The molecule has 0 fully saturated rings. The summed E-state index contributed by atoms with van der Waals surface area (Å²) < 4.78 is 11.7. The fourth-order valence-electron chi connectivity index (χ4n) is 3.78. The molecule has 0 spiro atoms. The number of hydrogen-bond donors (Lipinski definition) is 0. The molecule has 0 atom stereocenters. The number of aliphatic imine (C=N–C) groups is 1. The molecule has 0 radical (unpaired) electrons. The summed E-state index contributed by atoms with van der Waals surface area (Å²) in [5.41, 5.74) is 4.72. The first-order valence-electron chi connectivity index (χ1n) is 11.2. The van der Waals surface area contributed by atoms with Gasteiger partial charge in [0, 0.05) is 11.6 Å². The van der Waals surface area contributed by atoms with Gasteiger partial charge in [0.25, 0.3) is 5.69 Å². The van der Waals surface area contributed by atoms with Crippen molar-refractivity contribution in [2.24, 2.45) is 4.99 Å². The number of nitro benzene ring substituents is 1. The summed E-state index contributed by atoms with van der Waals surface area (Å²) in [7, 11) is 0. The fourth-order valence-corrected chi connectivity index (χ4v) is 3.78. The normalized spacial score (nSPS) is 12.0. The van der Waals surface area contributed by atoms with Crippen molar-refractivity contribution in [1.29, 1.82) is 0 Å². The minimum absolute atomic E-state index is 0.00864. The van der Waals surface area contributed by atoms with Crippen LogP contribution in [-0.2, 0) is 5.41 Å². The second-order valence-corrected chi connectivity index (χ2v) is 9.23. The van der Waals surface area contributed by atoms with Crippen molar-refractivity contribution in [1.82, 2.24) is 4.98 Å². The molecule has 0 saturated carbocycles. The first-order chi connectivity index (χ1) is 16.8. The largest absolute Gasteiger partial charge is 0.455 e. The fraction of sp³-hybridized carbons (Fsp3) is 0.143. The molecule has 5 rings (SSSR count). The Kier molecular flexibility index (Phi) is 5.53. The predicted octanol–water partition coefficient (Wildman–Crippen LogP) is 7.71. The number of furan rings is 1. The van der Waals surface area contributed by atoms with E-state index in [4.69, 9.17) is 8.83 Å². The van der Waals surface area contributed by atoms with Gasteiger partial charge in [0.1, 0.15) is 17.0 Å². The maximum Gasteiger partial charge on any atom is 0.280 e. The molecule has 5 aromatic rings. The lowest BCUT2D eigenvalue weighted by Gasteiger charge is -2.18. The molecule has 2 aromatic heterocycles. The van der Waals surface area contributed by atoms with Crippen molar-refractivity contribution in [2.45, 2.75) is 26.2 Å². The van der Waals surface area contributed by atoms with Gasteiger partial charge in [-0.05, 0) is 59.5 Å². The van der Waals surface area contributed by atoms with Crippen molar-refractivity contribution < 1.29 is 13.8 Å². The number of nitrogens with zero attached hydrogens (tertiary/aromatic N) is 3. The molecule has 7 nitrogen and oxygen atoms in total. The second-order valence-electron chi connectivity index (χ2n) is 9.23.